The van der Waals surface area contributed by atoms with E-state index >= 15 is 0 Å². The number of hydrogen-bond acceptors (Lipinski definition) is 5. The number of carbonyl (C=O) groups is 1. The van der Waals surface area contributed by atoms with Gasteiger partial charge in [0.15, 0.2) is 5.82 Å². The van der Waals surface area contributed by atoms with Crippen LogP contribution in [0.4, 0.5) is 13.2 Å². The fraction of sp³-hybridized carbons (Fsp3) is 0.105. The van der Waals surface area contributed by atoms with Crippen molar-refractivity contribution in [1.82, 2.24) is 9.97 Å². The molecular weight excluding hydrogens is 377 g/mol. The van der Waals surface area contributed by atoms with Crippen LogP contribution in [0, 0.1) is 0 Å². The van der Waals surface area contributed by atoms with Crippen LogP contribution < -0.4 is 9.47 Å². The van der Waals surface area contributed by atoms with Gasteiger partial charge in [-0.05, 0) is 17.7 Å². The van der Waals surface area contributed by atoms with E-state index in [-0.39, 0.29) is 23.9 Å². The lowest BCUT2D eigenvalue weighted by molar-refractivity contribution is -0.274. The zero-order chi connectivity index (χ0) is 20.1. The number of carboxylic acid groups (broad SMARTS) is 1. The van der Waals surface area contributed by atoms with Crippen molar-refractivity contribution < 1.29 is 32.5 Å². The quantitative estimate of drug-likeness (QED) is 0.675. The van der Waals surface area contributed by atoms with Gasteiger partial charge >= 0.3 is 12.3 Å². The number of alkyl halides is 3. The van der Waals surface area contributed by atoms with Gasteiger partial charge in [0.05, 0.1) is 0 Å². The lowest BCUT2D eigenvalue weighted by Crippen LogP contribution is -2.17. The molecule has 3 rings (SSSR count). The summed E-state index contributed by atoms with van der Waals surface area (Å²) in [5.41, 5.74) is 0.741. The molecule has 0 aliphatic rings. The standard InChI is InChI=1S/C19H13F3N2O4/c20-19(21,22)28-14-8-4-5-12(9-14)11-27-17-15(18(25)26)10-23-16(24-17)13-6-2-1-3-7-13/h1-10H,11H2,(H,25,26). The molecule has 0 aliphatic carbocycles. The monoisotopic (exact) mass is 390 g/mol. The van der Waals surface area contributed by atoms with Gasteiger partial charge in [-0.1, -0.05) is 42.5 Å². The van der Waals surface area contributed by atoms with E-state index in [2.05, 4.69) is 14.7 Å². The molecule has 0 saturated heterocycles. The molecule has 0 fully saturated rings. The Hall–Kier alpha value is -3.62. The summed E-state index contributed by atoms with van der Waals surface area (Å²) in [6.07, 6.45) is -3.69. The molecule has 6 nitrogen and oxygen atoms in total. The molecule has 0 saturated carbocycles. The van der Waals surface area contributed by atoms with Gasteiger partial charge in [-0.3, -0.25) is 0 Å². The summed E-state index contributed by atoms with van der Waals surface area (Å²) in [7, 11) is 0. The van der Waals surface area contributed by atoms with Crippen molar-refractivity contribution in [2.45, 2.75) is 13.0 Å². The molecule has 28 heavy (non-hydrogen) atoms. The first-order valence-corrected chi connectivity index (χ1v) is 7.95. The van der Waals surface area contributed by atoms with E-state index in [1.165, 1.54) is 12.1 Å². The summed E-state index contributed by atoms with van der Waals surface area (Å²) >= 11 is 0. The fourth-order valence-electron chi connectivity index (χ4n) is 2.33. The van der Waals surface area contributed by atoms with Crippen molar-refractivity contribution >= 4 is 5.97 Å². The Morgan fingerprint density at radius 2 is 1.82 bits per heavy atom. The summed E-state index contributed by atoms with van der Waals surface area (Å²) in [5.74, 6) is -1.62. The van der Waals surface area contributed by atoms with E-state index in [9.17, 15) is 23.1 Å². The zero-order valence-corrected chi connectivity index (χ0v) is 14.2. The van der Waals surface area contributed by atoms with E-state index in [0.717, 1.165) is 18.3 Å². The number of carboxylic acids is 1. The number of nitrogens with zero attached hydrogens (tertiary/aromatic N) is 2. The van der Waals surface area contributed by atoms with E-state index in [0.29, 0.717) is 11.1 Å². The maximum Gasteiger partial charge on any atom is 0.573 e. The van der Waals surface area contributed by atoms with Crippen LogP contribution in [0.1, 0.15) is 15.9 Å². The molecule has 0 aliphatic heterocycles. The van der Waals surface area contributed by atoms with Gasteiger partial charge < -0.3 is 14.6 Å². The number of ether oxygens (including phenoxy) is 2. The predicted molar refractivity (Wildman–Crippen MR) is 91.9 cm³/mol. The second-order valence-corrected chi connectivity index (χ2v) is 5.57. The topological polar surface area (TPSA) is 81.5 Å². The summed E-state index contributed by atoms with van der Waals surface area (Å²) in [5, 5.41) is 9.29. The third-order valence-corrected chi connectivity index (χ3v) is 3.52. The van der Waals surface area contributed by atoms with Crippen LogP contribution in [-0.4, -0.2) is 27.4 Å². The second-order valence-electron chi connectivity index (χ2n) is 5.57. The van der Waals surface area contributed by atoms with Crippen LogP contribution in [-0.2, 0) is 6.61 Å². The van der Waals surface area contributed by atoms with E-state index < -0.39 is 18.1 Å². The summed E-state index contributed by atoms with van der Waals surface area (Å²) < 4.78 is 46.3. The van der Waals surface area contributed by atoms with Crippen LogP contribution in [0.3, 0.4) is 0 Å². The highest BCUT2D eigenvalue weighted by Crippen LogP contribution is 2.25. The van der Waals surface area contributed by atoms with Crippen molar-refractivity contribution in [1.29, 1.82) is 0 Å². The van der Waals surface area contributed by atoms with Gasteiger partial charge in [-0.25, -0.2) is 9.78 Å². The van der Waals surface area contributed by atoms with E-state index in [1.807, 2.05) is 6.07 Å². The van der Waals surface area contributed by atoms with Gasteiger partial charge in [-0.2, -0.15) is 4.98 Å². The molecule has 1 aromatic heterocycles. The SMILES string of the molecule is O=C(O)c1cnc(-c2ccccc2)nc1OCc1cccc(OC(F)(F)F)c1. The Kier molecular flexibility index (Phi) is 5.44. The van der Waals surface area contributed by atoms with E-state index in [4.69, 9.17) is 4.74 Å². The highest BCUT2D eigenvalue weighted by molar-refractivity contribution is 5.90. The molecule has 0 atom stereocenters. The molecule has 1 N–H and O–H groups in total. The van der Waals surface area contributed by atoms with Crippen LogP contribution in [0.15, 0.2) is 60.8 Å². The third kappa shape index (κ3) is 4.97. The Bertz CT molecular complexity index is 978. The maximum atomic E-state index is 12.3. The smallest absolute Gasteiger partial charge is 0.477 e. The molecule has 0 unspecified atom stereocenters. The maximum absolute atomic E-state index is 12.3. The van der Waals surface area contributed by atoms with Gasteiger partial charge in [0.2, 0.25) is 5.88 Å². The summed E-state index contributed by atoms with van der Waals surface area (Å²) in [6.45, 7) is -0.208. The number of rotatable bonds is 6. The molecule has 0 bridgehead atoms. The Labute approximate surface area is 157 Å². The average molecular weight is 390 g/mol. The van der Waals surface area contributed by atoms with Gasteiger partial charge in [0.25, 0.3) is 0 Å². The van der Waals surface area contributed by atoms with Gasteiger partial charge in [0.1, 0.15) is 17.9 Å². The highest BCUT2D eigenvalue weighted by atomic mass is 19.4. The first-order chi connectivity index (χ1) is 13.3. The minimum absolute atomic E-state index is 0.191. The third-order valence-electron chi connectivity index (χ3n) is 3.52. The Morgan fingerprint density at radius 3 is 2.50 bits per heavy atom. The number of hydrogen-bond donors (Lipinski definition) is 1. The van der Waals surface area contributed by atoms with Crippen LogP contribution in [0.5, 0.6) is 11.6 Å². The number of aromatic nitrogens is 2. The average Bonchev–Trinajstić information content (AvgIpc) is 2.65. The molecule has 3 aromatic rings. The molecule has 9 heteroatoms. The van der Waals surface area contributed by atoms with Crippen LogP contribution >= 0.6 is 0 Å². The minimum atomic E-state index is -4.81. The first kappa shape index (κ1) is 19.2. The second kappa shape index (κ2) is 7.95. The molecule has 0 spiro atoms. The van der Waals surface area contributed by atoms with E-state index in [1.54, 1.807) is 24.3 Å². The lowest BCUT2D eigenvalue weighted by atomic mass is 10.2. The predicted octanol–water partition coefficient (Wildman–Crippen LogP) is 4.32. The molecule has 0 amide bonds. The van der Waals surface area contributed by atoms with Crippen molar-refractivity contribution in [2.75, 3.05) is 0 Å². The van der Waals surface area contributed by atoms with Crippen LogP contribution in [0.25, 0.3) is 11.4 Å². The van der Waals surface area contributed by atoms with Gasteiger partial charge in [-0.15, -0.1) is 13.2 Å². The molecule has 0 radical (unpaired) electrons. The van der Waals surface area contributed by atoms with Crippen molar-refractivity contribution in [3.05, 3.63) is 71.9 Å². The number of aromatic carboxylic acids is 1. The highest BCUT2D eigenvalue weighted by Gasteiger charge is 2.31. The fourth-order valence-corrected chi connectivity index (χ4v) is 2.33. The lowest BCUT2D eigenvalue weighted by Gasteiger charge is -2.12. The molecule has 144 valence electrons. The summed E-state index contributed by atoms with van der Waals surface area (Å²) in [4.78, 5) is 19.5. The van der Waals surface area contributed by atoms with Gasteiger partial charge in [0, 0.05) is 11.8 Å². The molecule has 1 heterocycles. The molecule has 2 aromatic carbocycles. The molecular formula is C19H13F3N2O4. The van der Waals surface area contributed by atoms with Crippen molar-refractivity contribution in [2.24, 2.45) is 0 Å². The zero-order valence-electron chi connectivity index (χ0n) is 14.2. The largest absolute Gasteiger partial charge is 0.573 e. The first-order valence-electron chi connectivity index (χ1n) is 7.95. The Balaban J connectivity index is 1.83. The minimum Gasteiger partial charge on any atom is -0.477 e. The van der Waals surface area contributed by atoms with Crippen molar-refractivity contribution in [3.63, 3.8) is 0 Å². The normalized spacial score (nSPS) is 11.1. The number of halogens is 3. The van der Waals surface area contributed by atoms with Crippen molar-refractivity contribution in [3.8, 4) is 23.0 Å². The Morgan fingerprint density at radius 1 is 1.07 bits per heavy atom. The number of benzene rings is 2. The summed E-state index contributed by atoms with van der Waals surface area (Å²) in [6, 6.07) is 14.0. The van der Waals surface area contributed by atoms with Crippen LogP contribution in [0.2, 0.25) is 0 Å².